The molecule has 0 fully saturated rings. The van der Waals surface area contributed by atoms with Crippen LogP contribution in [-0.4, -0.2) is 4.57 Å². The Morgan fingerprint density at radius 3 is 1.17 bits per heavy atom. The van der Waals surface area contributed by atoms with Gasteiger partial charge in [-0.15, -0.1) is 0 Å². The van der Waals surface area contributed by atoms with Crippen LogP contribution in [0.5, 0.6) is 0 Å². The molecule has 41 heavy (non-hydrogen) atoms. The summed E-state index contributed by atoms with van der Waals surface area (Å²) in [6.45, 7) is 9.40. The van der Waals surface area contributed by atoms with Crippen LogP contribution in [0.15, 0.2) is 12.4 Å². The van der Waals surface area contributed by atoms with E-state index >= 15 is 0 Å². The van der Waals surface area contributed by atoms with E-state index < -0.39 is 0 Å². The maximum absolute atomic E-state index is 2.62. The molecule has 0 amide bonds. The zero-order valence-electron chi connectivity index (χ0n) is 28.9. The van der Waals surface area contributed by atoms with Crippen LogP contribution < -0.4 is 4.57 Å². The molecule has 0 saturated heterocycles. The predicted molar refractivity (Wildman–Crippen MR) is 184 cm³/mol. The zero-order chi connectivity index (χ0) is 29.5. The van der Waals surface area contributed by atoms with Gasteiger partial charge < -0.3 is 0 Å². The SMILES string of the molecule is CCCCCCCCCCCCCCCCC[n+]1ccn(CCCCCCCCCCCC)c1CCCCCCC. The molecule has 0 radical (unpaired) electrons. The molecule has 0 aliphatic carbocycles. The van der Waals surface area contributed by atoms with Crippen molar-refractivity contribution in [3.8, 4) is 0 Å². The Hall–Kier alpha value is -0.790. The summed E-state index contributed by atoms with van der Waals surface area (Å²) >= 11 is 0. The molecule has 0 aliphatic rings. The van der Waals surface area contributed by atoms with E-state index in [4.69, 9.17) is 0 Å². The standard InChI is InChI=1S/C39H77N2/c1-4-7-10-13-15-17-19-20-21-22-23-25-27-30-33-36-41-38-37-40(39(41)34-31-28-12-9-6-3)35-32-29-26-24-18-16-14-11-8-5-2/h37-38H,4-36H2,1-3H3/q+1. The number of nitrogens with zero attached hydrogens (tertiary/aromatic N) is 2. The van der Waals surface area contributed by atoms with E-state index in [0.717, 1.165) is 0 Å². The third kappa shape index (κ3) is 23.4. The van der Waals surface area contributed by atoms with Gasteiger partial charge >= 0.3 is 0 Å². The molecular formula is C39H77N2+. The highest BCUT2D eigenvalue weighted by Gasteiger charge is 2.16. The Kier molecular flexibility index (Phi) is 28.6. The first-order valence-electron chi connectivity index (χ1n) is 19.4. The van der Waals surface area contributed by atoms with Crippen molar-refractivity contribution in [3.63, 3.8) is 0 Å². The van der Waals surface area contributed by atoms with E-state index in [9.17, 15) is 0 Å². The first-order chi connectivity index (χ1) is 20.3. The number of rotatable bonds is 33. The van der Waals surface area contributed by atoms with Crippen molar-refractivity contribution in [1.82, 2.24) is 4.57 Å². The van der Waals surface area contributed by atoms with Crippen molar-refractivity contribution < 1.29 is 4.57 Å². The van der Waals surface area contributed by atoms with E-state index in [2.05, 4.69) is 42.3 Å². The van der Waals surface area contributed by atoms with Gasteiger partial charge in [0, 0.05) is 6.42 Å². The lowest BCUT2D eigenvalue weighted by atomic mass is 10.0. The van der Waals surface area contributed by atoms with Gasteiger partial charge in [0.25, 0.3) is 5.82 Å². The number of unbranched alkanes of at least 4 members (excludes halogenated alkanes) is 27. The Balaban J connectivity index is 2.19. The van der Waals surface area contributed by atoms with Crippen molar-refractivity contribution >= 4 is 0 Å². The van der Waals surface area contributed by atoms with Gasteiger partial charge in [0.15, 0.2) is 0 Å². The molecule has 242 valence electrons. The third-order valence-electron chi connectivity index (χ3n) is 9.35. The lowest BCUT2D eigenvalue weighted by Crippen LogP contribution is -2.37. The van der Waals surface area contributed by atoms with Crippen LogP contribution in [0.25, 0.3) is 0 Å². The summed E-state index contributed by atoms with van der Waals surface area (Å²) in [4.78, 5) is 0. The lowest BCUT2D eigenvalue weighted by Gasteiger charge is -2.07. The number of hydrogen-bond donors (Lipinski definition) is 0. The molecule has 0 unspecified atom stereocenters. The summed E-state index contributed by atoms with van der Waals surface area (Å²) in [6, 6.07) is 0. The molecule has 1 aromatic heterocycles. The molecule has 0 saturated carbocycles. The largest absolute Gasteiger partial charge is 0.256 e. The van der Waals surface area contributed by atoms with Crippen molar-refractivity contribution in [2.75, 3.05) is 0 Å². The first kappa shape index (κ1) is 38.2. The minimum Gasteiger partial charge on any atom is -0.234 e. The molecule has 0 spiro atoms. The molecular weight excluding hydrogens is 496 g/mol. The zero-order valence-corrected chi connectivity index (χ0v) is 28.9. The third-order valence-corrected chi connectivity index (χ3v) is 9.35. The van der Waals surface area contributed by atoms with Gasteiger partial charge in [-0.25, -0.2) is 9.13 Å². The maximum Gasteiger partial charge on any atom is 0.256 e. The van der Waals surface area contributed by atoms with Crippen molar-refractivity contribution in [3.05, 3.63) is 18.2 Å². The number of aryl methyl sites for hydroxylation is 2. The van der Waals surface area contributed by atoms with Crippen molar-refractivity contribution in [1.29, 1.82) is 0 Å². The summed E-state index contributed by atoms with van der Waals surface area (Å²) in [7, 11) is 0. The van der Waals surface area contributed by atoms with Crippen LogP contribution in [0.3, 0.4) is 0 Å². The van der Waals surface area contributed by atoms with Gasteiger partial charge in [0.05, 0.1) is 13.1 Å². The van der Waals surface area contributed by atoms with E-state index in [1.165, 1.54) is 212 Å². The average molecular weight is 574 g/mol. The maximum atomic E-state index is 2.62. The van der Waals surface area contributed by atoms with Crippen LogP contribution in [0.4, 0.5) is 0 Å². The van der Waals surface area contributed by atoms with E-state index in [1.807, 2.05) is 0 Å². The second kappa shape index (κ2) is 30.7. The number of aromatic nitrogens is 2. The highest BCUT2D eigenvalue weighted by atomic mass is 15.1. The van der Waals surface area contributed by atoms with Crippen LogP contribution in [0.2, 0.25) is 0 Å². The predicted octanol–water partition coefficient (Wildman–Crippen LogP) is 13.1. The molecule has 2 nitrogen and oxygen atoms in total. The normalized spacial score (nSPS) is 11.6. The average Bonchev–Trinajstić information content (AvgIpc) is 3.37. The van der Waals surface area contributed by atoms with Crippen LogP contribution >= 0.6 is 0 Å². The van der Waals surface area contributed by atoms with Gasteiger partial charge in [0.2, 0.25) is 0 Å². The van der Waals surface area contributed by atoms with E-state index in [0.29, 0.717) is 0 Å². The quantitative estimate of drug-likeness (QED) is 0.0584. The molecule has 0 bridgehead atoms. The lowest BCUT2D eigenvalue weighted by molar-refractivity contribution is -0.704. The second-order valence-corrected chi connectivity index (χ2v) is 13.4. The fourth-order valence-electron chi connectivity index (χ4n) is 6.50. The van der Waals surface area contributed by atoms with Crippen LogP contribution in [0.1, 0.15) is 219 Å². The fraction of sp³-hybridized carbons (Fsp3) is 0.923. The summed E-state index contributed by atoms with van der Waals surface area (Å²) in [5.41, 5.74) is 0. The van der Waals surface area contributed by atoms with Gasteiger partial charge in [-0.1, -0.05) is 181 Å². The molecule has 0 N–H and O–H groups in total. The molecule has 0 aromatic carbocycles. The van der Waals surface area contributed by atoms with Gasteiger partial charge in [-0.05, 0) is 32.1 Å². The van der Waals surface area contributed by atoms with Gasteiger partial charge in [-0.3, -0.25) is 0 Å². The highest BCUT2D eigenvalue weighted by Crippen LogP contribution is 2.15. The summed E-state index contributed by atoms with van der Waals surface area (Å²) < 4.78 is 5.24. The topological polar surface area (TPSA) is 8.81 Å². The molecule has 1 heterocycles. The van der Waals surface area contributed by atoms with Gasteiger partial charge in [0.1, 0.15) is 12.4 Å². The Labute approximate surface area is 259 Å². The summed E-state index contributed by atoms with van der Waals surface area (Å²) in [5, 5.41) is 0. The molecule has 0 atom stereocenters. The number of hydrogen-bond acceptors (Lipinski definition) is 0. The monoisotopic (exact) mass is 574 g/mol. The minimum absolute atomic E-state index is 1.23. The Morgan fingerprint density at radius 1 is 0.415 bits per heavy atom. The van der Waals surface area contributed by atoms with Gasteiger partial charge in [-0.2, -0.15) is 0 Å². The Bertz CT molecular complexity index is 634. The summed E-state index contributed by atoms with van der Waals surface area (Å²) in [5.74, 6) is 1.61. The molecule has 0 aliphatic heterocycles. The smallest absolute Gasteiger partial charge is 0.234 e. The van der Waals surface area contributed by atoms with Crippen LogP contribution in [-0.2, 0) is 19.5 Å². The molecule has 1 aromatic rings. The second-order valence-electron chi connectivity index (χ2n) is 13.4. The fourth-order valence-corrected chi connectivity index (χ4v) is 6.50. The minimum atomic E-state index is 1.23. The number of imidazole rings is 1. The van der Waals surface area contributed by atoms with Crippen LogP contribution in [0, 0.1) is 0 Å². The van der Waals surface area contributed by atoms with E-state index in [-0.39, 0.29) is 0 Å². The Morgan fingerprint density at radius 2 is 0.756 bits per heavy atom. The van der Waals surface area contributed by atoms with E-state index in [1.54, 1.807) is 5.82 Å². The van der Waals surface area contributed by atoms with Crippen molar-refractivity contribution in [2.24, 2.45) is 0 Å². The first-order valence-corrected chi connectivity index (χ1v) is 19.4. The summed E-state index contributed by atoms with van der Waals surface area (Å²) in [6.07, 6.45) is 48.9. The molecule has 1 rings (SSSR count). The molecule has 2 heteroatoms. The van der Waals surface area contributed by atoms with Crippen molar-refractivity contribution in [2.45, 2.75) is 233 Å². The highest BCUT2D eigenvalue weighted by molar-refractivity contribution is 4.84.